The average molecular weight is 321 g/mol. The number of carbonyl (C=O) groups excluding carboxylic acids is 1. The molecule has 0 unspecified atom stereocenters. The number of anilines is 1. The Bertz CT molecular complexity index is 655. The number of aromatic nitrogens is 1. The number of thiazole rings is 1. The summed E-state index contributed by atoms with van der Waals surface area (Å²) in [6, 6.07) is 5.03. The highest BCUT2D eigenvalue weighted by atomic mass is 32.1. The third-order valence-corrected chi connectivity index (χ3v) is 3.70. The molecule has 2 aromatic rings. The number of rotatable bonds is 6. The van der Waals surface area contributed by atoms with Crippen LogP contribution in [0.25, 0.3) is 0 Å². The molecule has 0 saturated carbocycles. The van der Waals surface area contributed by atoms with Gasteiger partial charge in [-0.15, -0.1) is 11.3 Å². The van der Waals surface area contributed by atoms with Gasteiger partial charge < -0.3 is 14.4 Å². The third kappa shape index (κ3) is 3.96. The number of methoxy groups -OCH3 is 2. The first-order chi connectivity index (χ1) is 10.5. The van der Waals surface area contributed by atoms with E-state index in [0.717, 1.165) is 12.2 Å². The van der Waals surface area contributed by atoms with E-state index < -0.39 is 0 Å². The first kappa shape index (κ1) is 16.3. The van der Waals surface area contributed by atoms with Crippen molar-refractivity contribution in [3.05, 3.63) is 34.8 Å². The maximum absolute atomic E-state index is 12.3. The van der Waals surface area contributed by atoms with Gasteiger partial charge in [-0.05, 0) is 32.3 Å². The summed E-state index contributed by atoms with van der Waals surface area (Å²) in [5, 5.41) is 5.31. The van der Waals surface area contributed by atoms with Crippen molar-refractivity contribution < 1.29 is 14.3 Å². The van der Waals surface area contributed by atoms with Gasteiger partial charge in [0.15, 0.2) is 16.6 Å². The minimum Gasteiger partial charge on any atom is -0.493 e. The summed E-state index contributed by atoms with van der Waals surface area (Å²) in [6.45, 7) is 0.739. The second-order valence-corrected chi connectivity index (χ2v) is 5.76. The smallest absolute Gasteiger partial charge is 0.257 e. The molecular weight excluding hydrogens is 302 g/mol. The van der Waals surface area contributed by atoms with Gasteiger partial charge in [-0.2, -0.15) is 0 Å². The zero-order valence-electron chi connectivity index (χ0n) is 13.0. The Labute approximate surface area is 133 Å². The SMILES string of the molecule is COc1ccc(C(=O)Nc2nc(CN(C)C)cs2)cc1OC. The predicted octanol–water partition coefficient (Wildman–Crippen LogP) is 2.47. The summed E-state index contributed by atoms with van der Waals surface area (Å²) in [7, 11) is 7.04. The largest absolute Gasteiger partial charge is 0.493 e. The molecule has 1 amide bonds. The Balaban J connectivity index is 2.10. The van der Waals surface area contributed by atoms with E-state index in [-0.39, 0.29) is 5.91 Å². The fourth-order valence-electron chi connectivity index (χ4n) is 1.91. The van der Waals surface area contributed by atoms with Gasteiger partial charge >= 0.3 is 0 Å². The molecule has 1 N–H and O–H groups in total. The van der Waals surface area contributed by atoms with Gasteiger partial charge in [-0.25, -0.2) is 4.98 Å². The van der Waals surface area contributed by atoms with E-state index >= 15 is 0 Å². The lowest BCUT2D eigenvalue weighted by Gasteiger charge is -2.09. The Morgan fingerprint density at radius 3 is 2.64 bits per heavy atom. The maximum atomic E-state index is 12.3. The van der Waals surface area contributed by atoms with E-state index in [1.165, 1.54) is 18.4 Å². The summed E-state index contributed by atoms with van der Waals surface area (Å²) in [5.41, 5.74) is 1.42. The van der Waals surface area contributed by atoms with Crippen molar-refractivity contribution in [3.8, 4) is 11.5 Å². The van der Waals surface area contributed by atoms with Crippen molar-refractivity contribution in [2.75, 3.05) is 33.6 Å². The Morgan fingerprint density at radius 1 is 1.27 bits per heavy atom. The quantitative estimate of drug-likeness (QED) is 0.885. The first-order valence-electron chi connectivity index (χ1n) is 6.66. The standard InChI is InChI=1S/C15H19N3O3S/c1-18(2)8-11-9-22-15(16-11)17-14(19)10-5-6-12(20-3)13(7-10)21-4/h5-7,9H,8H2,1-4H3,(H,16,17,19). The van der Waals surface area contributed by atoms with Crippen molar-refractivity contribution in [2.24, 2.45) is 0 Å². The van der Waals surface area contributed by atoms with E-state index in [1.54, 1.807) is 25.3 Å². The van der Waals surface area contributed by atoms with Crippen molar-refractivity contribution in [1.82, 2.24) is 9.88 Å². The van der Waals surface area contributed by atoms with Crippen LogP contribution >= 0.6 is 11.3 Å². The van der Waals surface area contributed by atoms with Crippen molar-refractivity contribution in [2.45, 2.75) is 6.54 Å². The van der Waals surface area contributed by atoms with E-state index in [0.29, 0.717) is 22.2 Å². The van der Waals surface area contributed by atoms with Crippen LogP contribution in [-0.2, 0) is 6.54 Å². The van der Waals surface area contributed by atoms with Crippen molar-refractivity contribution >= 4 is 22.4 Å². The topological polar surface area (TPSA) is 63.7 Å². The van der Waals surface area contributed by atoms with Crippen LogP contribution in [0.4, 0.5) is 5.13 Å². The fourth-order valence-corrected chi connectivity index (χ4v) is 2.60. The summed E-state index contributed by atoms with van der Waals surface area (Å²) in [4.78, 5) is 18.7. The van der Waals surface area contributed by atoms with Crippen LogP contribution in [0.5, 0.6) is 11.5 Å². The van der Waals surface area contributed by atoms with Crippen LogP contribution < -0.4 is 14.8 Å². The Kier molecular flexibility index (Phi) is 5.35. The first-order valence-corrected chi connectivity index (χ1v) is 7.54. The average Bonchev–Trinajstić information content (AvgIpc) is 2.92. The van der Waals surface area contributed by atoms with E-state index in [9.17, 15) is 4.79 Å². The van der Waals surface area contributed by atoms with E-state index in [2.05, 4.69) is 10.3 Å². The number of hydrogen-bond donors (Lipinski definition) is 1. The highest BCUT2D eigenvalue weighted by Gasteiger charge is 2.12. The second kappa shape index (κ2) is 7.24. The molecule has 0 saturated heterocycles. The summed E-state index contributed by atoms with van der Waals surface area (Å²) >= 11 is 1.41. The molecule has 0 aliphatic heterocycles. The minimum absolute atomic E-state index is 0.230. The molecule has 0 aliphatic rings. The predicted molar refractivity (Wildman–Crippen MR) is 87.0 cm³/mol. The molecule has 0 spiro atoms. The number of benzene rings is 1. The molecule has 1 heterocycles. The van der Waals surface area contributed by atoms with Crippen molar-refractivity contribution in [3.63, 3.8) is 0 Å². The van der Waals surface area contributed by atoms with Gasteiger partial charge in [0.1, 0.15) is 0 Å². The number of amides is 1. The van der Waals surface area contributed by atoms with Crippen LogP contribution in [0.15, 0.2) is 23.6 Å². The molecule has 6 nitrogen and oxygen atoms in total. The monoisotopic (exact) mass is 321 g/mol. The highest BCUT2D eigenvalue weighted by molar-refractivity contribution is 7.13. The number of hydrogen-bond acceptors (Lipinski definition) is 6. The molecule has 118 valence electrons. The number of ether oxygens (including phenoxy) is 2. The van der Waals surface area contributed by atoms with Gasteiger partial charge in [-0.3, -0.25) is 10.1 Å². The molecular formula is C15H19N3O3S. The fraction of sp³-hybridized carbons (Fsp3) is 0.333. The van der Waals surface area contributed by atoms with Crippen LogP contribution in [-0.4, -0.2) is 44.1 Å². The number of nitrogens with one attached hydrogen (secondary N) is 1. The molecule has 0 fully saturated rings. The van der Waals surface area contributed by atoms with Crippen molar-refractivity contribution in [1.29, 1.82) is 0 Å². The number of nitrogens with zero attached hydrogens (tertiary/aromatic N) is 2. The molecule has 0 bridgehead atoms. The third-order valence-electron chi connectivity index (χ3n) is 2.90. The van der Waals surface area contributed by atoms with Gasteiger partial charge in [0.05, 0.1) is 19.9 Å². The Hall–Kier alpha value is -2.12. The molecule has 0 aliphatic carbocycles. The zero-order chi connectivity index (χ0) is 16.1. The minimum atomic E-state index is -0.230. The van der Waals surface area contributed by atoms with Crippen LogP contribution in [0.2, 0.25) is 0 Å². The lowest BCUT2D eigenvalue weighted by atomic mass is 10.2. The van der Waals surface area contributed by atoms with Crippen LogP contribution in [0.3, 0.4) is 0 Å². The van der Waals surface area contributed by atoms with E-state index in [4.69, 9.17) is 9.47 Å². The van der Waals surface area contributed by atoms with Crippen LogP contribution in [0.1, 0.15) is 16.1 Å². The number of carbonyl (C=O) groups is 1. The highest BCUT2D eigenvalue weighted by Crippen LogP contribution is 2.28. The molecule has 7 heteroatoms. The zero-order valence-corrected chi connectivity index (χ0v) is 13.9. The second-order valence-electron chi connectivity index (χ2n) is 4.91. The van der Waals surface area contributed by atoms with Gasteiger partial charge in [0.25, 0.3) is 5.91 Å². The molecule has 22 heavy (non-hydrogen) atoms. The normalized spacial score (nSPS) is 10.6. The lowest BCUT2D eigenvalue weighted by Crippen LogP contribution is -2.13. The van der Waals surface area contributed by atoms with Crippen LogP contribution in [0, 0.1) is 0 Å². The summed E-state index contributed by atoms with van der Waals surface area (Å²) in [6.07, 6.45) is 0. The maximum Gasteiger partial charge on any atom is 0.257 e. The Morgan fingerprint density at radius 2 is 2.00 bits per heavy atom. The van der Waals surface area contributed by atoms with Gasteiger partial charge in [-0.1, -0.05) is 0 Å². The molecule has 0 atom stereocenters. The summed E-state index contributed by atoms with van der Waals surface area (Å²) < 4.78 is 10.4. The molecule has 1 aromatic heterocycles. The summed E-state index contributed by atoms with van der Waals surface area (Å²) in [5.74, 6) is 0.871. The molecule has 2 rings (SSSR count). The molecule has 1 aromatic carbocycles. The van der Waals surface area contributed by atoms with Gasteiger partial charge in [0, 0.05) is 17.5 Å². The lowest BCUT2D eigenvalue weighted by molar-refractivity contribution is 0.102. The van der Waals surface area contributed by atoms with E-state index in [1.807, 2.05) is 24.4 Å². The van der Waals surface area contributed by atoms with Gasteiger partial charge in [0.2, 0.25) is 0 Å². The molecule has 0 radical (unpaired) electrons.